The van der Waals surface area contributed by atoms with Crippen LogP contribution in [0.5, 0.6) is 5.75 Å². The number of amides is 1. The van der Waals surface area contributed by atoms with Crippen molar-refractivity contribution < 1.29 is 19.1 Å². The Morgan fingerprint density at radius 3 is 2.72 bits per heavy atom. The first-order chi connectivity index (χ1) is 8.15. The largest absolute Gasteiger partial charge is 0.482 e. The van der Waals surface area contributed by atoms with E-state index in [2.05, 4.69) is 10.1 Å². The molecule has 0 aromatic heterocycles. The topological polar surface area (TPSA) is 90.6 Å². The number of hydrogen-bond donors (Lipinski definition) is 2. The van der Waals surface area contributed by atoms with Gasteiger partial charge in [0.15, 0.2) is 6.61 Å². The summed E-state index contributed by atoms with van der Waals surface area (Å²) in [4.78, 5) is 21.9. The lowest BCUT2D eigenvalue weighted by Crippen LogP contribution is -2.21. The number of halogens is 1. The van der Waals surface area contributed by atoms with Crippen LogP contribution in [0.4, 0.5) is 5.69 Å². The average molecular weight is 275 g/mol. The Balaban J connectivity index is 0.00000289. The van der Waals surface area contributed by atoms with Gasteiger partial charge in [-0.15, -0.1) is 12.4 Å². The predicted octanol–water partition coefficient (Wildman–Crippen LogP) is 0.557. The molecule has 0 radical (unpaired) electrons. The van der Waals surface area contributed by atoms with Crippen molar-refractivity contribution in [2.75, 3.05) is 25.6 Å². The van der Waals surface area contributed by atoms with Gasteiger partial charge in [0.2, 0.25) is 5.91 Å². The molecule has 0 unspecified atom stereocenters. The molecule has 1 amide bonds. The Morgan fingerprint density at radius 1 is 1.39 bits per heavy atom. The molecule has 0 bridgehead atoms. The lowest BCUT2D eigenvalue weighted by atomic mass is 10.3. The second kappa shape index (κ2) is 8.32. The van der Waals surface area contributed by atoms with Crippen LogP contribution in [-0.4, -0.2) is 32.1 Å². The maximum absolute atomic E-state index is 11.1. The van der Waals surface area contributed by atoms with Crippen LogP contribution >= 0.6 is 12.4 Å². The molecule has 1 aromatic rings. The standard InChI is InChI=1S/C11H14N2O4.ClH/c1-16-11(15)7-17-9-4-2-3-8(5-9)13-10(14)6-12;/h2-5H,6-7,12H2,1H3,(H,13,14);1H. The summed E-state index contributed by atoms with van der Waals surface area (Å²) in [6.07, 6.45) is 0. The van der Waals surface area contributed by atoms with Crippen molar-refractivity contribution in [1.29, 1.82) is 0 Å². The first-order valence-corrected chi connectivity index (χ1v) is 4.95. The highest BCUT2D eigenvalue weighted by Crippen LogP contribution is 2.17. The van der Waals surface area contributed by atoms with E-state index >= 15 is 0 Å². The number of ether oxygens (including phenoxy) is 2. The molecule has 6 nitrogen and oxygen atoms in total. The van der Waals surface area contributed by atoms with Gasteiger partial charge >= 0.3 is 5.97 Å². The first kappa shape index (κ1) is 16.2. The lowest BCUT2D eigenvalue weighted by Gasteiger charge is -2.07. The van der Waals surface area contributed by atoms with E-state index in [9.17, 15) is 9.59 Å². The summed E-state index contributed by atoms with van der Waals surface area (Å²) in [5.74, 6) is -0.304. The zero-order valence-electron chi connectivity index (χ0n) is 9.84. The van der Waals surface area contributed by atoms with Gasteiger partial charge in [-0.25, -0.2) is 4.79 Å². The van der Waals surface area contributed by atoms with Crippen molar-refractivity contribution in [3.05, 3.63) is 24.3 Å². The number of benzene rings is 1. The number of methoxy groups -OCH3 is 1. The van der Waals surface area contributed by atoms with Gasteiger partial charge in [0.05, 0.1) is 13.7 Å². The van der Waals surface area contributed by atoms with E-state index in [0.29, 0.717) is 11.4 Å². The summed E-state index contributed by atoms with van der Waals surface area (Å²) in [7, 11) is 1.28. The zero-order valence-corrected chi connectivity index (χ0v) is 10.7. The van der Waals surface area contributed by atoms with Crippen LogP contribution in [0.2, 0.25) is 0 Å². The molecule has 1 aromatic carbocycles. The maximum Gasteiger partial charge on any atom is 0.343 e. The second-order valence-electron chi connectivity index (χ2n) is 3.14. The molecule has 0 spiro atoms. The highest BCUT2D eigenvalue weighted by Gasteiger charge is 2.03. The van der Waals surface area contributed by atoms with Crippen LogP contribution in [0, 0.1) is 0 Å². The summed E-state index contributed by atoms with van der Waals surface area (Å²) in [6.45, 7) is -0.266. The Labute approximate surface area is 111 Å². The van der Waals surface area contributed by atoms with Crippen LogP contribution in [0.1, 0.15) is 0 Å². The van der Waals surface area contributed by atoms with E-state index in [1.165, 1.54) is 7.11 Å². The van der Waals surface area contributed by atoms with Crippen molar-refractivity contribution in [2.45, 2.75) is 0 Å². The minimum absolute atomic E-state index is 0. The smallest absolute Gasteiger partial charge is 0.343 e. The second-order valence-corrected chi connectivity index (χ2v) is 3.14. The van der Waals surface area contributed by atoms with E-state index in [-0.39, 0.29) is 31.5 Å². The Bertz CT molecular complexity index is 412. The molecule has 7 heteroatoms. The summed E-state index contributed by atoms with van der Waals surface area (Å²) >= 11 is 0. The third-order valence-electron chi connectivity index (χ3n) is 1.89. The fourth-order valence-corrected chi connectivity index (χ4v) is 1.08. The third kappa shape index (κ3) is 5.51. The lowest BCUT2D eigenvalue weighted by molar-refractivity contribution is -0.142. The normalized spacial score (nSPS) is 9.00. The van der Waals surface area contributed by atoms with Gasteiger partial charge in [0.1, 0.15) is 5.75 Å². The summed E-state index contributed by atoms with van der Waals surface area (Å²) in [6, 6.07) is 6.65. The molecule has 100 valence electrons. The molecule has 0 heterocycles. The fraction of sp³-hybridized carbons (Fsp3) is 0.273. The minimum atomic E-state index is -0.471. The highest BCUT2D eigenvalue weighted by atomic mass is 35.5. The van der Waals surface area contributed by atoms with Crippen LogP contribution in [-0.2, 0) is 14.3 Å². The molecular weight excluding hydrogens is 260 g/mol. The van der Waals surface area contributed by atoms with Crippen molar-refractivity contribution in [1.82, 2.24) is 0 Å². The number of carbonyl (C=O) groups excluding carboxylic acids is 2. The molecule has 0 aliphatic heterocycles. The number of nitrogens with one attached hydrogen (secondary N) is 1. The van der Waals surface area contributed by atoms with E-state index in [0.717, 1.165) is 0 Å². The van der Waals surface area contributed by atoms with Crippen molar-refractivity contribution in [3.63, 3.8) is 0 Å². The Kier molecular flexibility index (Phi) is 7.50. The maximum atomic E-state index is 11.1. The summed E-state index contributed by atoms with van der Waals surface area (Å²) < 4.78 is 9.59. The van der Waals surface area contributed by atoms with Gasteiger partial charge in [0.25, 0.3) is 0 Å². The summed E-state index contributed by atoms with van der Waals surface area (Å²) in [5.41, 5.74) is 5.73. The van der Waals surface area contributed by atoms with Crippen LogP contribution < -0.4 is 15.8 Å². The Morgan fingerprint density at radius 2 is 2.11 bits per heavy atom. The monoisotopic (exact) mass is 274 g/mol. The quantitative estimate of drug-likeness (QED) is 0.766. The molecule has 1 rings (SSSR count). The molecule has 0 atom stereocenters. The first-order valence-electron chi connectivity index (χ1n) is 4.95. The van der Waals surface area contributed by atoms with E-state index in [1.807, 2.05) is 0 Å². The van der Waals surface area contributed by atoms with Crippen LogP contribution in [0.3, 0.4) is 0 Å². The van der Waals surface area contributed by atoms with Gasteiger partial charge in [0, 0.05) is 11.8 Å². The number of carbonyl (C=O) groups is 2. The SMILES string of the molecule is COC(=O)COc1cccc(NC(=O)CN)c1.Cl. The predicted molar refractivity (Wildman–Crippen MR) is 68.9 cm³/mol. The van der Waals surface area contributed by atoms with E-state index in [1.54, 1.807) is 24.3 Å². The molecule has 0 fully saturated rings. The summed E-state index contributed by atoms with van der Waals surface area (Å²) in [5, 5.41) is 2.57. The molecule has 0 aliphatic rings. The average Bonchev–Trinajstić information content (AvgIpc) is 2.36. The number of rotatable bonds is 5. The third-order valence-corrected chi connectivity index (χ3v) is 1.89. The molecule has 0 saturated carbocycles. The number of esters is 1. The van der Waals surface area contributed by atoms with Gasteiger partial charge in [-0.05, 0) is 12.1 Å². The van der Waals surface area contributed by atoms with E-state index in [4.69, 9.17) is 10.5 Å². The molecule has 0 aliphatic carbocycles. The van der Waals surface area contributed by atoms with Crippen LogP contribution in [0.15, 0.2) is 24.3 Å². The Hall–Kier alpha value is -1.79. The van der Waals surface area contributed by atoms with Crippen molar-refractivity contribution >= 4 is 30.0 Å². The van der Waals surface area contributed by atoms with E-state index < -0.39 is 5.97 Å². The minimum Gasteiger partial charge on any atom is -0.482 e. The number of anilines is 1. The van der Waals surface area contributed by atoms with Gasteiger partial charge in [-0.2, -0.15) is 0 Å². The van der Waals surface area contributed by atoms with Gasteiger partial charge in [-0.3, -0.25) is 4.79 Å². The molecule has 0 saturated heterocycles. The molecular formula is C11H15ClN2O4. The van der Waals surface area contributed by atoms with Gasteiger partial charge in [-0.1, -0.05) is 6.07 Å². The highest BCUT2D eigenvalue weighted by molar-refractivity contribution is 5.92. The molecule has 18 heavy (non-hydrogen) atoms. The molecule has 3 N–H and O–H groups in total. The number of nitrogens with two attached hydrogens (primary N) is 1. The van der Waals surface area contributed by atoms with Crippen molar-refractivity contribution in [3.8, 4) is 5.75 Å². The van der Waals surface area contributed by atoms with Gasteiger partial charge < -0.3 is 20.5 Å². The van der Waals surface area contributed by atoms with Crippen LogP contribution in [0.25, 0.3) is 0 Å². The number of hydrogen-bond acceptors (Lipinski definition) is 5. The fourth-order valence-electron chi connectivity index (χ4n) is 1.08. The van der Waals surface area contributed by atoms with Crippen molar-refractivity contribution in [2.24, 2.45) is 5.73 Å². The zero-order chi connectivity index (χ0) is 12.7.